The number of thioether (sulfide) groups is 1. The number of thiazole rings is 1. The van der Waals surface area contributed by atoms with Crippen LogP contribution in [0.1, 0.15) is 44.9 Å². The molecule has 2 aromatic heterocycles. The van der Waals surface area contributed by atoms with Gasteiger partial charge in [-0.3, -0.25) is 24.1 Å². The average Bonchev–Trinajstić information content (AvgIpc) is 3.77. The Bertz CT molecular complexity index is 2190. The monoisotopic (exact) mass is 802 g/mol. The van der Waals surface area contributed by atoms with E-state index in [4.69, 9.17) is 15.7 Å². The predicted molar refractivity (Wildman–Crippen MR) is 199 cm³/mol. The van der Waals surface area contributed by atoms with E-state index in [0.717, 1.165) is 29.1 Å². The maximum atomic E-state index is 13.7. The van der Waals surface area contributed by atoms with Gasteiger partial charge in [0, 0.05) is 48.4 Å². The fourth-order valence-electron chi connectivity index (χ4n) is 7.05. The highest BCUT2D eigenvalue weighted by atomic mass is 32.2. The van der Waals surface area contributed by atoms with E-state index in [9.17, 15) is 49.2 Å². The summed E-state index contributed by atoms with van der Waals surface area (Å²) in [5.41, 5.74) is 5.86. The topological polar surface area (TPSA) is 284 Å². The molecule has 0 saturated carbocycles. The lowest BCUT2D eigenvalue weighted by Crippen LogP contribution is -2.71. The molecule has 2 fully saturated rings. The molecular weight excluding hydrogens is 763 g/mol. The minimum Gasteiger partial charge on any atom is -0.504 e. The van der Waals surface area contributed by atoms with E-state index >= 15 is 0 Å². The first-order valence-corrected chi connectivity index (χ1v) is 18.6. The molecule has 1 aromatic carbocycles. The number of oxime groups is 1. The lowest BCUT2D eigenvalue weighted by atomic mass is 10.0. The Morgan fingerprint density at radius 1 is 1.11 bits per heavy atom. The highest BCUT2D eigenvalue weighted by Gasteiger charge is 2.55. The third-order valence-electron chi connectivity index (χ3n) is 9.56. The summed E-state index contributed by atoms with van der Waals surface area (Å²) >= 11 is 2.16. The molecule has 0 aliphatic carbocycles. The predicted octanol–water partition coefficient (Wildman–Crippen LogP) is 1.31. The number of anilines is 1. The molecule has 294 valence electrons. The van der Waals surface area contributed by atoms with Gasteiger partial charge in [0.2, 0.25) is 6.10 Å². The number of carbonyl (C=O) groups excluding carboxylic acids is 2. The molecule has 3 aromatic rings. The number of carbonyl (C=O) groups is 5. The lowest BCUT2D eigenvalue weighted by Gasteiger charge is -2.50. The van der Waals surface area contributed by atoms with E-state index in [1.165, 1.54) is 29.3 Å². The van der Waals surface area contributed by atoms with Crippen LogP contribution in [-0.4, -0.2) is 123 Å². The Labute approximate surface area is 320 Å². The van der Waals surface area contributed by atoms with E-state index in [1.807, 2.05) is 6.92 Å². The van der Waals surface area contributed by atoms with Crippen molar-refractivity contribution >= 4 is 74.6 Å². The van der Waals surface area contributed by atoms with Gasteiger partial charge in [0.1, 0.15) is 35.9 Å². The molecule has 3 aliphatic heterocycles. The Kier molecular flexibility index (Phi) is 11.8. The van der Waals surface area contributed by atoms with E-state index in [2.05, 4.69) is 15.5 Å². The molecule has 19 nitrogen and oxygen atoms in total. The van der Waals surface area contributed by atoms with Crippen molar-refractivity contribution < 1.29 is 58.8 Å². The van der Waals surface area contributed by atoms with Crippen molar-refractivity contribution in [2.45, 2.75) is 64.2 Å². The largest absolute Gasteiger partial charge is 0.504 e. The van der Waals surface area contributed by atoms with Crippen molar-refractivity contribution in [3.63, 3.8) is 0 Å². The minimum absolute atomic E-state index is 0. The van der Waals surface area contributed by atoms with Gasteiger partial charge in [-0.15, -0.1) is 23.1 Å². The molecular formula is C34H40N7O12S2+. The number of likely N-dealkylation sites (tertiary alicyclic amines) is 1. The number of carboxylic acid groups (broad SMARTS) is 3. The molecule has 8 N–H and O–H groups in total. The second-order valence-corrected chi connectivity index (χ2v) is 15.1. The van der Waals surface area contributed by atoms with Crippen LogP contribution in [0.3, 0.4) is 0 Å². The molecule has 0 radical (unpaired) electrons. The number of phenolic OH excluding ortho intramolecular Hbond substituents is 2. The van der Waals surface area contributed by atoms with Crippen LogP contribution in [0.25, 0.3) is 10.9 Å². The number of nitrogen functional groups attached to an aromatic ring is 1. The van der Waals surface area contributed by atoms with Gasteiger partial charge < -0.3 is 50.5 Å². The van der Waals surface area contributed by atoms with E-state index in [-0.39, 0.29) is 59.4 Å². The summed E-state index contributed by atoms with van der Waals surface area (Å²) in [6.45, 7) is 4.12. The standard InChI is InChI=1S/C33H35N7O12S2.CH4/c1-2-38-10-15(27(45)17-7-20(41)21(42)8-19(17)38)11-40(5-3-4-6-40)12-16-13-53-30-25(29(47)39(30)26(16)32(50)51)36-28(46)24(18-14-54-33(34)35-18)37-52-22(31(48)49)9-23(43)44;/h7-8,10,14,22,25,30H,2-6,9,11-13H2,1H3,(H7-,34,35,36,37,41,42,43,44,45,46,48,49,50,51);1H4/p+1/t22-,25+,30+;/m0./s1. The van der Waals surface area contributed by atoms with Crippen molar-refractivity contribution in [3.8, 4) is 11.5 Å². The molecule has 0 unspecified atom stereocenters. The zero-order valence-corrected chi connectivity index (χ0v) is 30.3. The first kappa shape index (κ1) is 40.5. The number of hydrogen-bond acceptors (Lipinski definition) is 14. The van der Waals surface area contributed by atoms with Crippen molar-refractivity contribution in [3.05, 3.63) is 56.5 Å². The number of nitrogens with one attached hydrogen (secondary N) is 1. The number of aryl methyl sites for hydroxylation is 1. The fourth-order valence-corrected chi connectivity index (χ4v) is 8.94. The highest BCUT2D eigenvalue weighted by Crippen LogP contribution is 2.42. The van der Waals surface area contributed by atoms with Gasteiger partial charge in [-0.05, 0) is 13.0 Å². The number of fused-ring (bicyclic) bond motifs is 2. The van der Waals surface area contributed by atoms with Crippen LogP contribution < -0.4 is 16.5 Å². The Morgan fingerprint density at radius 3 is 2.40 bits per heavy atom. The fraction of sp³-hybridized carbons (Fsp3) is 0.412. The Morgan fingerprint density at radius 2 is 1.80 bits per heavy atom. The van der Waals surface area contributed by atoms with Gasteiger partial charge in [0.15, 0.2) is 27.8 Å². The van der Waals surface area contributed by atoms with Crippen LogP contribution in [0.4, 0.5) is 5.13 Å². The van der Waals surface area contributed by atoms with Gasteiger partial charge in [0.25, 0.3) is 11.8 Å². The van der Waals surface area contributed by atoms with Crippen molar-refractivity contribution in [2.75, 3.05) is 31.1 Å². The molecule has 2 amide bonds. The van der Waals surface area contributed by atoms with Gasteiger partial charge in [0.05, 0.1) is 36.0 Å². The SMILES string of the molecule is C.CCn1cc(C[N+]2(CC3=C(C(=O)O)N4C(=O)[C@@H](NC(=O)/C(=N\O[C@@H](CC(=O)O)C(=O)O)c5csc(N)n5)[C@H]4SC3)CCCC2)c(=O)c2cc(O)c(O)cc21. The zero-order valence-electron chi connectivity index (χ0n) is 28.6. The molecule has 0 bridgehead atoms. The van der Waals surface area contributed by atoms with E-state index < -0.39 is 65.1 Å². The number of aliphatic carboxylic acids is 3. The van der Waals surface area contributed by atoms with Gasteiger partial charge in [-0.25, -0.2) is 14.6 Å². The molecule has 3 atom stereocenters. The van der Waals surface area contributed by atoms with Gasteiger partial charge in [-0.2, -0.15) is 0 Å². The normalized spacial score (nSPS) is 19.6. The summed E-state index contributed by atoms with van der Waals surface area (Å²) in [7, 11) is 0. The number of aromatic nitrogens is 2. The van der Waals surface area contributed by atoms with Crippen LogP contribution in [0.2, 0.25) is 0 Å². The van der Waals surface area contributed by atoms with Crippen molar-refractivity contribution in [1.29, 1.82) is 0 Å². The summed E-state index contributed by atoms with van der Waals surface area (Å²) < 4.78 is 2.16. The molecule has 21 heteroatoms. The van der Waals surface area contributed by atoms with Crippen molar-refractivity contribution in [1.82, 2.24) is 19.8 Å². The number of β-lactam (4-membered cyclic amide) rings is 1. The van der Waals surface area contributed by atoms with E-state index in [1.54, 1.807) is 10.8 Å². The smallest absolute Gasteiger partial charge is 0.352 e. The maximum absolute atomic E-state index is 13.7. The average molecular weight is 803 g/mol. The Balaban J connectivity index is 0.00000580. The molecule has 3 aliphatic rings. The number of benzene rings is 1. The number of pyridine rings is 1. The number of nitrogens with two attached hydrogens (primary N) is 1. The van der Waals surface area contributed by atoms with Crippen LogP contribution in [0.5, 0.6) is 11.5 Å². The third kappa shape index (κ3) is 7.94. The minimum atomic E-state index is -1.95. The number of hydrogen-bond donors (Lipinski definition) is 7. The van der Waals surface area contributed by atoms with Gasteiger partial charge >= 0.3 is 17.9 Å². The number of amides is 2. The second-order valence-electron chi connectivity index (χ2n) is 13.1. The molecule has 6 rings (SSSR count). The van der Waals surface area contributed by atoms with Crippen LogP contribution in [0, 0.1) is 0 Å². The maximum Gasteiger partial charge on any atom is 0.352 e. The number of carboxylic acids is 3. The third-order valence-corrected chi connectivity index (χ3v) is 11.6. The number of phenols is 2. The van der Waals surface area contributed by atoms with Gasteiger partial charge in [-0.1, -0.05) is 12.6 Å². The number of nitrogens with zero attached hydrogens (tertiary/aromatic N) is 5. The number of aromatic hydroxyl groups is 2. The molecule has 5 heterocycles. The highest BCUT2D eigenvalue weighted by molar-refractivity contribution is 8.00. The molecule has 0 spiro atoms. The van der Waals surface area contributed by atoms with Crippen LogP contribution in [-0.2, 0) is 41.9 Å². The zero-order chi connectivity index (χ0) is 39.1. The first-order valence-electron chi connectivity index (χ1n) is 16.7. The Hall–Kier alpha value is -5.67. The molecule has 2 saturated heterocycles. The van der Waals surface area contributed by atoms with Crippen molar-refractivity contribution in [2.24, 2.45) is 5.16 Å². The van der Waals surface area contributed by atoms with Crippen LogP contribution in [0.15, 0.2) is 44.9 Å². The summed E-state index contributed by atoms with van der Waals surface area (Å²) in [6.07, 6.45) is 0.461. The summed E-state index contributed by atoms with van der Waals surface area (Å²) in [5, 5.41) is 55.9. The second kappa shape index (κ2) is 16.0. The quantitative estimate of drug-likeness (QED) is 0.0398. The number of rotatable bonds is 14. The first-order chi connectivity index (χ1) is 25.6. The van der Waals surface area contributed by atoms with Crippen LogP contribution >= 0.6 is 23.1 Å². The summed E-state index contributed by atoms with van der Waals surface area (Å²) in [5.74, 6) is -6.82. The molecule has 55 heavy (non-hydrogen) atoms. The lowest BCUT2D eigenvalue weighted by molar-refractivity contribution is -0.925. The number of quaternary nitrogens is 1. The van der Waals surface area contributed by atoms with E-state index in [0.29, 0.717) is 40.8 Å². The summed E-state index contributed by atoms with van der Waals surface area (Å²) in [6, 6.07) is 1.36. The summed E-state index contributed by atoms with van der Waals surface area (Å²) in [4.78, 5) is 86.2.